The van der Waals surface area contributed by atoms with Crippen LogP contribution in [0.4, 0.5) is 16.2 Å². The summed E-state index contributed by atoms with van der Waals surface area (Å²) in [4.78, 5) is 11.5. The first-order valence-corrected chi connectivity index (χ1v) is 7.46. The average molecular weight is 286 g/mol. The number of benzene rings is 1. The summed E-state index contributed by atoms with van der Waals surface area (Å²) in [6.45, 7) is 2.05. The van der Waals surface area contributed by atoms with Crippen molar-refractivity contribution in [1.82, 2.24) is 10.0 Å². The number of urea groups is 1. The molecule has 1 rings (SSSR count). The fourth-order valence-electron chi connectivity index (χ4n) is 1.38. The van der Waals surface area contributed by atoms with Crippen LogP contribution in [0.15, 0.2) is 24.3 Å². The topological polar surface area (TPSA) is 113 Å². The van der Waals surface area contributed by atoms with E-state index in [4.69, 9.17) is 5.73 Å². The molecule has 1 aromatic rings. The second kappa shape index (κ2) is 6.95. The first-order chi connectivity index (χ1) is 8.93. The van der Waals surface area contributed by atoms with E-state index in [1.54, 1.807) is 31.2 Å². The van der Waals surface area contributed by atoms with Crippen LogP contribution in [0.25, 0.3) is 0 Å². The zero-order valence-electron chi connectivity index (χ0n) is 10.6. The summed E-state index contributed by atoms with van der Waals surface area (Å²) in [5, 5.41) is 5.01. The normalized spacial score (nSPS) is 11.0. The number of amides is 2. The summed E-state index contributed by atoms with van der Waals surface area (Å²) in [5.74, 6) is -0.162. The van der Waals surface area contributed by atoms with Crippen molar-refractivity contribution < 1.29 is 13.2 Å². The van der Waals surface area contributed by atoms with Gasteiger partial charge >= 0.3 is 6.03 Å². The maximum absolute atomic E-state index is 11.5. The van der Waals surface area contributed by atoms with Gasteiger partial charge in [0.2, 0.25) is 10.0 Å². The Hall–Kier alpha value is -1.80. The summed E-state index contributed by atoms with van der Waals surface area (Å²) < 4.78 is 25.0. The highest BCUT2D eigenvalue weighted by molar-refractivity contribution is 7.89. The number of anilines is 2. The van der Waals surface area contributed by atoms with Gasteiger partial charge < -0.3 is 16.4 Å². The van der Waals surface area contributed by atoms with Gasteiger partial charge in [-0.15, -0.1) is 0 Å². The summed E-state index contributed by atoms with van der Waals surface area (Å²) in [6.07, 6.45) is 0. The van der Waals surface area contributed by atoms with E-state index in [0.29, 0.717) is 17.9 Å². The minimum Gasteiger partial charge on any atom is -0.399 e. The van der Waals surface area contributed by atoms with Gasteiger partial charge in [0.05, 0.1) is 5.75 Å². The quantitative estimate of drug-likeness (QED) is 0.564. The molecule has 106 valence electrons. The van der Waals surface area contributed by atoms with Gasteiger partial charge in [0.1, 0.15) is 0 Å². The van der Waals surface area contributed by atoms with Crippen molar-refractivity contribution in [1.29, 1.82) is 0 Å². The zero-order chi connectivity index (χ0) is 14.3. The molecule has 0 atom stereocenters. The van der Waals surface area contributed by atoms with Crippen LogP contribution in [0.1, 0.15) is 6.92 Å². The van der Waals surface area contributed by atoms with Gasteiger partial charge in [0.15, 0.2) is 0 Å². The number of nitrogens with one attached hydrogen (secondary N) is 3. The van der Waals surface area contributed by atoms with Gasteiger partial charge in [0, 0.05) is 24.5 Å². The van der Waals surface area contributed by atoms with Crippen molar-refractivity contribution in [3.8, 4) is 0 Å². The first-order valence-electron chi connectivity index (χ1n) is 5.80. The van der Waals surface area contributed by atoms with E-state index in [9.17, 15) is 13.2 Å². The molecule has 0 bridgehead atoms. The molecular weight excluding hydrogens is 268 g/mol. The van der Waals surface area contributed by atoms with Crippen LogP contribution in [0.3, 0.4) is 0 Å². The standard InChI is InChI=1S/C11H18N4O3S/c1-2-14-19(17,18)7-6-13-11(16)15-10-5-3-4-9(12)8-10/h3-5,8,14H,2,6-7,12H2,1H3,(H2,13,15,16). The molecule has 0 aromatic heterocycles. The van der Waals surface area contributed by atoms with Crippen molar-refractivity contribution >= 4 is 27.4 Å². The van der Waals surface area contributed by atoms with Crippen LogP contribution in [0.2, 0.25) is 0 Å². The molecule has 8 heteroatoms. The SMILES string of the molecule is CCNS(=O)(=O)CCNC(=O)Nc1cccc(N)c1. The molecule has 7 nitrogen and oxygen atoms in total. The number of rotatable bonds is 6. The van der Waals surface area contributed by atoms with Crippen LogP contribution >= 0.6 is 0 Å². The molecule has 19 heavy (non-hydrogen) atoms. The van der Waals surface area contributed by atoms with E-state index in [1.165, 1.54) is 0 Å². The Labute approximate surface area is 112 Å². The molecule has 0 saturated heterocycles. The number of carbonyl (C=O) groups is 1. The third-order valence-corrected chi connectivity index (χ3v) is 3.64. The molecular formula is C11H18N4O3S. The molecule has 2 amide bonds. The Morgan fingerprint density at radius 1 is 1.37 bits per heavy atom. The number of nitrogens with two attached hydrogens (primary N) is 1. The molecule has 0 aliphatic carbocycles. The van der Waals surface area contributed by atoms with Crippen LogP contribution < -0.4 is 21.1 Å². The molecule has 0 radical (unpaired) electrons. The average Bonchev–Trinajstić information content (AvgIpc) is 2.28. The third-order valence-electron chi connectivity index (χ3n) is 2.17. The predicted octanol–water partition coefficient (Wildman–Crippen LogP) is 0.330. The van der Waals surface area contributed by atoms with Crippen molar-refractivity contribution in [2.75, 3.05) is 29.9 Å². The molecule has 0 unspecified atom stereocenters. The Morgan fingerprint density at radius 3 is 2.74 bits per heavy atom. The monoisotopic (exact) mass is 286 g/mol. The summed E-state index contributed by atoms with van der Waals surface area (Å²) in [5.41, 5.74) is 6.65. The molecule has 0 spiro atoms. The van der Waals surface area contributed by atoms with Crippen LogP contribution in [-0.2, 0) is 10.0 Å². The molecule has 0 saturated carbocycles. The van der Waals surface area contributed by atoms with Gasteiger partial charge in [-0.25, -0.2) is 17.9 Å². The van der Waals surface area contributed by atoms with E-state index in [0.717, 1.165) is 0 Å². The van der Waals surface area contributed by atoms with Gasteiger partial charge in [-0.2, -0.15) is 0 Å². The van der Waals surface area contributed by atoms with E-state index in [1.807, 2.05) is 0 Å². The van der Waals surface area contributed by atoms with Gasteiger partial charge in [-0.3, -0.25) is 0 Å². The minimum atomic E-state index is -3.32. The van der Waals surface area contributed by atoms with Gasteiger partial charge in [-0.1, -0.05) is 13.0 Å². The minimum absolute atomic E-state index is 0.0312. The molecule has 1 aromatic carbocycles. The maximum atomic E-state index is 11.5. The molecule has 5 N–H and O–H groups in total. The zero-order valence-corrected chi connectivity index (χ0v) is 11.5. The lowest BCUT2D eigenvalue weighted by Crippen LogP contribution is -2.36. The number of nitrogen functional groups attached to an aromatic ring is 1. The summed E-state index contributed by atoms with van der Waals surface area (Å²) >= 11 is 0. The Kier molecular flexibility index (Phi) is 5.58. The van der Waals surface area contributed by atoms with Crippen LogP contribution in [0, 0.1) is 0 Å². The van der Waals surface area contributed by atoms with E-state index >= 15 is 0 Å². The van der Waals surface area contributed by atoms with Gasteiger partial charge in [0.25, 0.3) is 0 Å². The van der Waals surface area contributed by atoms with Crippen molar-refractivity contribution in [3.05, 3.63) is 24.3 Å². The number of sulfonamides is 1. The highest BCUT2D eigenvalue weighted by atomic mass is 32.2. The summed E-state index contributed by atoms with van der Waals surface area (Å²) in [6, 6.07) is 6.23. The van der Waals surface area contributed by atoms with Crippen LogP contribution in [0.5, 0.6) is 0 Å². The highest BCUT2D eigenvalue weighted by Gasteiger charge is 2.09. The maximum Gasteiger partial charge on any atom is 0.319 e. The lowest BCUT2D eigenvalue weighted by Gasteiger charge is -2.08. The highest BCUT2D eigenvalue weighted by Crippen LogP contribution is 2.11. The Balaban J connectivity index is 2.37. The molecule has 0 fully saturated rings. The lowest BCUT2D eigenvalue weighted by atomic mass is 10.3. The van der Waals surface area contributed by atoms with E-state index < -0.39 is 16.1 Å². The summed E-state index contributed by atoms with van der Waals surface area (Å²) in [7, 11) is -3.32. The van der Waals surface area contributed by atoms with Gasteiger partial charge in [-0.05, 0) is 18.2 Å². The molecule has 0 aliphatic heterocycles. The fourth-order valence-corrected chi connectivity index (χ4v) is 2.34. The molecule has 0 heterocycles. The van der Waals surface area contributed by atoms with E-state index in [-0.39, 0.29) is 12.3 Å². The lowest BCUT2D eigenvalue weighted by molar-refractivity contribution is 0.252. The number of carbonyl (C=O) groups excluding carboxylic acids is 1. The van der Waals surface area contributed by atoms with Crippen molar-refractivity contribution in [3.63, 3.8) is 0 Å². The fraction of sp³-hybridized carbons (Fsp3) is 0.364. The van der Waals surface area contributed by atoms with E-state index in [2.05, 4.69) is 15.4 Å². The molecule has 0 aliphatic rings. The number of hydrogen-bond acceptors (Lipinski definition) is 4. The van der Waals surface area contributed by atoms with Crippen molar-refractivity contribution in [2.45, 2.75) is 6.92 Å². The smallest absolute Gasteiger partial charge is 0.319 e. The van der Waals surface area contributed by atoms with Crippen LogP contribution in [-0.4, -0.2) is 33.3 Å². The Morgan fingerprint density at radius 2 is 2.11 bits per heavy atom. The van der Waals surface area contributed by atoms with Crippen molar-refractivity contribution in [2.24, 2.45) is 0 Å². The second-order valence-corrected chi connectivity index (χ2v) is 5.75. The Bertz CT molecular complexity index is 530. The largest absolute Gasteiger partial charge is 0.399 e. The first kappa shape index (κ1) is 15.3. The third kappa shape index (κ3) is 6.07. The predicted molar refractivity (Wildman–Crippen MR) is 75.3 cm³/mol. The number of hydrogen-bond donors (Lipinski definition) is 4. The second-order valence-electron chi connectivity index (χ2n) is 3.82.